The molecule has 1 atom stereocenters. The molecule has 2 aromatic rings. The molecule has 0 radical (unpaired) electrons. The van der Waals surface area contributed by atoms with Gasteiger partial charge in [-0.05, 0) is 18.2 Å². The van der Waals surface area contributed by atoms with Crippen molar-refractivity contribution in [1.29, 1.82) is 5.26 Å². The van der Waals surface area contributed by atoms with Gasteiger partial charge in [-0.25, -0.2) is 13.9 Å². The van der Waals surface area contributed by atoms with Crippen molar-refractivity contribution in [2.24, 2.45) is 0 Å². The summed E-state index contributed by atoms with van der Waals surface area (Å²) in [6.45, 7) is 1.75. The topological polar surface area (TPSA) is 113 Å². The molecule has 0 aliphatic carbocycles. The number of nitrogens with one attached hydrogen (secondary N) is 1. The van der Waals surface area contributed by atoms with Crippen molar-refractivity contribution in [1.82, 2.24) is 20.3 Å². The second kappa shape index (κ2) is 6.56. The number of hydrogen-bond acceptors (Lipinski definition) is 6. The van der Waals surface area contributed by atoms with Crippen LogP contribution in [0.5, 0.6) is 0 Å². The van der Waals surface area contributed by atoms with Crippen LogP contribution < -0.4 is 10.2 Å². The van der Waals surface area contributed by atoms with Gasteiger partial charge in [0.2, 0.25) is 5.91 Å². The zero-order valence-corrected chi connectivity index (χ0v) is 13.1. The molecule has 0 saturated carbocycles. The predicted molar refractivity (Wildman–Crippen MR) is 82.3 cm³/mol. The third kappa shape index (κ3) is 3.40. The Labute approximate surface area is 141 Å². The van der Waals surface area contributed by atoms with Crippen molar-refractivity contribution < 1.29 is 18.7 Å². The van der Waals surface area contributed by atoms with Gasteiger partial charge in [0.15, 0.2) is 11.5 Å². The monoisotopic (exact) mass is 344 g/mol. The van der Waals surface area contributed by atoms with Gasteiger partial charge in [-0.2, -0.15) is 5.26 Å². The summed E-state index contributed by atoms with van der Waals surface area (Å²) in [5.74, 6) is -0.862. The Hall–Kier alpha value is -3.48. The summed E-state index contributed by atoms with van der Waals surface area (Å²) in [6, 6.07) is 5.94. The SMILES string of the molecule is CC(=O)NC[C@H]1CN(c2ccc(-n3cc(C#N)nn3)c(F)c2)C(=O)O1. The molecule has 1 aromatic carbocycles. The minimum absolute atomic E-state index is 0.0624. The molecule has 0 bridgehead atoms. The minimum Gasteiger partial charge on any atom is -0.442 e. The predicted octanol–water partition coefficient (Wildman–Crippen LogP) is 0.739. The number of halogens is 1. The Morgan fingerprint density at radius 3 is 3.00 bits per heavy atom. The van der Waals surface area contributed by atoms with Gasteiger partial charge in [0, 0.05) is 6.92 Å². The average Bonchev–Trinajstić information content (AvgIpc) is 3.19. The molecule has 2 amide bonds. The van der Waals surface area contributed by atoms with Crippen LogP contribution >= 0.6 is 0 Å². The second-order valence-electron chi connectivity index (χ2n) is 5.35. The van der Waals surface area contributed by atoms with E-state index in [1.807, 2.05) is 0 Å². The number of carbonyl (C=O) groups is 2. The zero-order chi connectivity index (χ0) is 18.0. The highest BCUT2D eigenvalue weighted by atomic mass is 19.1. The smallest absolute Gasteiger partial charge is 0.414 e. The number of aromatic nitrogens is 3. The van der Waals surface area contributed by atoms with E-state index in [-0.39, 0.29) is 30.4 Å². The Bertz CT molecular complexity index is 874. The molecule has 2 heterocycles. The Balaban J connectivity index is 1.77. The molecule has 25 heavy (non-hydrogen) atoms. The molecule has 1 saturated heterocycles. The summed E-state index contributed by atoms with van der Waals surface area (Å²) in [4.78, 5) is 24.1. The van der Waals surface area contributed by atoms with Crippen molar-refractivity contribution in [2.75, 3.05) is 18.0 Å². The fraction of sp³-hybridized carbons (Fsp3) is 0.267. The average molecular weight is 344 g/mol. The van der Waals surface area contributed by atoms with E-state index in [0.717, 1.165) is 4.68 Å². The standard InChI is InChI=1S/C15H13FN6O3/c1-9(23)18-6-12-8-21(15(24)25-12)11-2-3-14(13(16)4-11)22-7-10(5-17)19-20-22/h2-4,7,12H,6,8H2,1H3,(H,18,23)/t12-/m0/s1. The van der Waals surface area contributed by atoms with Crippen molar-refractivity contribution in [3.8, 4) is 11.8 Å². The number of hydrogen-bond donors (Lipinski definition) is 1. The van der Waals surface area contributed by atoms with Gasteiger partial charge < -0.3 is 10.1 Å². The summed E-state index contributed by atoms with van der Waals surface area (Å²) < 4.78 is 20.6. The van der Waals surface area contributed by atoms with E-state index in [9.17, 15) is 14.0 Å². The number of carbonyl (C=O) groups excluding carboxylic acids is 2. The molecular weight excluding hydrogens is 331 g/mol. The maximum absolute atomic E-state index is 14.4. The van der Waals surface area contributed by atoms with Crippen LogP contribution in [0.15, 0.2) is 24.4 Å². The van der Waals surface area contributed by atoms with Crippen LogP contribution in [-0.4, -0.2) is 46.2 Å². The molecular formula is C15H13FN6O3. The molecule has 128 valence electrons. The van der Waals surface area contributed by atoms with Gasteiger partial charge in [-0.1, -0.05) is 5.21 Å². The number of anilines is 1. The van der Waals surface area contributed by atoms with E-state index in [4.69, 9.17) is 10.00 Å². The highest BCUT2D eigenvalue weighted by Gasteiger charge is 2.32. The number of benzene rings is 1. The highest BCUT2D eigenvalue weighted by Crippen LogP contribution is 2.25. The largest absolute Gasteiger partial charge is 0.442 e. The third-order valence-electron chi connectivity index (χ3n) is 3.55. The van der Waals surface area contributed by atoms with Crippen LogP contribution in [0.25, 0.3) is 5.69 Å². The Morgan fingerprint density at radius 1 is 1.56 bits per heavy atom. The fourth-order valence-electron chi connectivity index (χ4n) is 2.38. The molecule has 3 rings (SSSR count). The van der Waals surface area contributed by atoms with Crippen molar-refractivity contribution in [2.45, 2.75) is 13.0 Å². The molecule has 0 spiro atoms. The van der Waals surface area contributed by atoms with E-state index in [1.165, 1.54) is 36.2 Å². The number of nitrogens with zero attached hydrogens (tertiary/aromatic N) is 5. The quantitative estimate of drug-likeness (QED) is 0.875. The molecule has 1 aliphatic heterocycles. The summed E-state index contributed by atoms with van der Waals surface area (Å²) in [6.07, 6.45) is 0.175. The normalized spacial score (nSPS) is 16.4. The number of cyclic esters (lactones) is 1. The first-order valence-corrected chi connectivity index (χ1v) is 7.33. The Kier molecular flexibility index (Phi) is 4.30. The zero-order valence-electron chi connectivity index (χ0n) is 13.1. The van der Waals surface area contributed by atoms with E-state index in [1.54, 1.807) is 6.07 Å². The second-order valence-corrected chi connectivity index (χ2v) is 5.35. The van der Waals surface area contributed by atoms with E-state index < -0.39 is 18.0 Å². The van der Waals surface area contributed by atoms with Gasteiger partial charge in [0.25, 0.3) is 0 Å². The Morgan fingerprint density at radius 2 is 2.36 bits per heavy atom. The van der Waals surface area contributed by atoms with Crippen molar-refractivity contribution in [3.05, 3.63) is 35.9 Å². The van der Waals surface area contributed by atoms with E-state index in [0.29, 0.717) is 5.69 Å². The molecule has 1 fully saturated rings. The summed E-state index contributed by atoms with van der Waals surface area (Å²) >= 11 is 0. The van der Waals surface area contributed by atoms with Crippen molar-refractivity contribution >= 4 is 17.7 Å². The maximum Gasteiger partial charge on any atom is 0.414 e. The summed E-state index contributed by atoms with van der Waals surface area (Å²) in [5.41, 5.74) is 0.477. The molecule has 1 N–H and O–H groups in total. The number of amides is 2. The lowest BCUT2D eigenvalue weighted by Gasteiger charge is -2.14. The first-order valence-electron chi connectivity index (χ1n) is 7.33. The number of ether oxygens (including phenoxy) is 1. The lowest BCUT2D eigenvalue weighted by atomic mass is 10.2. The van der Waals surface area contributed by atoms with Crippen molar-refractivity contribution in [3.63, 3.8) is 0 Å². The fourth-order valence-corrected chi connectivity index (χ4v) is 2.38. The number of nitriles is 1. The molecule has 10 heteroatoms. The van der Waals surface area contributed by atoms with Gasteiger partial charge in [0.05, 0.1) is 25.0 Å². The van der Waals surface area contributed by atoms with Crippen LogP contribution in [0.1, 0.15) is 12.6 Å². The van der Waals surface area contributed by atoms with Gasteiger partial charge in [-0.3, -0.25) is 9.69 Å². The minimum atomic E-state index is -0.634. The maximum atomic E-state index is 14.4. The molecule has 9 nitrogen and oxygen atoms in total. The highest BCUT2D eigenvalue weighted by molar-refractivity contribution is 5.90. The van der Waals surface area contributed by atoms with Crippen LogP contribution in [0.4, 0.5) is 14.9 Å². The van der Waals surface area contributed by atoms with Gasteiger partial charge >= 0.3 is 6.09 Å². The van der Waals surface area contributed by atoms with Gasteiger partial charge in [-0.15, -0.1) is 5.10 Å². The molecule has 1 aliphatic rings. The van der Waals surface area contributed by atoms with Crippen LogP contribution in [0, 0.1) is 17.1 Å². The lowest BCUT2D eigenvalue weighted by Crippen LogP contribution is -2.33. The summed E-state index contributed by atoms with van der Waals surface area (Å²) in [7, 11) is 0. The van der Waals surface area contributed by atoms with E-state index in [2.05, 4.69) is 15.6 Å². The van der Waals surface area contributed by atoms with Crippen LogP contribution in [0.2, 0.25) is 0 Å². The van der Waals surface area contributed by atoms with Crippen LogP contribution in [0.3, 0.4) is 0 Å². The van der Waals surface area contributed by atoms with E-state index >= 15 is 0 Å². The van der Waals surface area contributed by atoms with Crippen LogP contribution in [-0.2, 0) is 9.53 Å². The third-order valence-corrected chi connectivity index (χ3v) is 3.55. The first kappa shape index (κ1) is 16.4. The number of rotatable bonds is 4. The summed E-state index contributed by atoms with van der Waals surface area (Å²) in [5, 5.41) is 18.6. The van der Waals surface area contributed by atoms with Gasteiger partial charge in [0.1, 0.15) is 17.9 Å². The first-order chi connectivity index (χ1) is 12.0. The lowest BCUT2D eigenvalue weighted by molar-refractivity contribution is -0.119. The molecule has 1 aromatic heterocycles. The molecule has 0 unspecified atom stereocenters.